The zero-order valence-electron chi connectivity index (χ0n) is 15.0. The maximum atomic E-state index is 5.54. The highest BCUT2D eigenvalue weighted by molar-refractivity contribution is 7.75. The second-order valence-corrected chi connectivity index (χ2v) is 11.3. The van der Waals surface area contributed by atoms with Gasteiger partial charge in [0.05, 0.1) is 36.3 Å². The fourth-order valence-electron chi connectivity index (χ4n) is 3.43. The molecule has 0 radical (unpaired) electrons. The summed E-state index contributed by atoms with van der Waals surface area (Å²) >= 11 is 0. The summed E-state index contributed by atoms with van der Waals surface area (Å²) in [6.45, 7) is 11.4. The first-order chi connectivity index (χ1) is 10.1. The van der Waals surface area contributed by atoms with Gasteiger partial charge in [-0.3, -0.25) is 0 Å². The van der Waals surface area contributed by atoms with Gasteiger partial charge >= 0.3 is 0 Å². The third-order valence-electron chi connectivity index (χ3n) is 5.01. The van der Waals surface area contributed by atoms with Gasteiger partial charge in [0.15, 0.2) is 0 Å². The summed E-state index contributed by atoms with van der Waals surface area (Å²) in [4.78, 5) is 5.54. The number of oxime groups is 1. The van der Waals surface area contributed by atoms with Gasteiger partial charge in [0.25, 0.3) is 0 Å². The molecule has 1 aliphatic rings. The first-order valence-corrected chi connectivity index (χ1v) is 11.7. The molecule has 0 aliphatic carbocycles. The van der Waals surface area contributed by atoms with Crippen molar-refractivity contribution in [1.82, 2.24) is 0 Å². The molecule has 124 valence electrons. The lowest BCUT2D eigenvalue weighted by Crippen LogP contribution is -2.27. The summed E-state index contributed by atoms with van der Waals surface area (Å²) in [5.41, 5.74) is 1.25. The fraction of sp³-hybridized carbons (Fsp3) is 0.944. The van der Waals surface area contributed by atoms with Crippen molar-refractivity contribution in [3.05, 3.63) is 0 Å². The summed E-state index contributed by atoms with van der Waals surface area (Å²) in [7, 11) is -0.830. The van der Waals surface area contributed by atoms with Crippen molar-refractivity contribution in [2.24, 2.45) is 11.1 Å². The van der Waals surface area contributed by atoms with Crippen molar-refractivity contribution in [2.45, 2.75) is 79.2 Å². The van der Waals surface area contributed by atoms with Crippen molar-refractivity contribution >= 4 is 13.0 Å². The minimum atomic E-state index is -0.830. The quantitative estimate of drug-likeness (QED) is 0.441. The second kappa shape index (κ2) is 9.82. The standard InChI is InChI=1S/C18H37NOP/c1-6-9-12-21(13-10-7-2,14-11-8-3)15-18-16(4)19-20-17(18)5/h17-18H,6-15H2,1-5H3/q+1/t17-,18-/m0/s1. The van der Waals surface area contributed by atoms with E-state index in [0.717, 1.165) is 0 Å². The molecular weight excluding hydrogens is 277 g/mol. The Bertz CT molecular complexity index is 295. The van der Waals surface area contributed by atoms with Crippen LogP contribution < -0.4 is 0 Å². The fourth-order valence-corrected chi connectivity index (χ4v) is 9.01. The van der Waals surface area contributed by atoms with Gasteiger partial charge in [-0.05, 0) is 33.1 Å². The van der Waals surface area contributed by atoms with Crippen LogP contribution in [0.5, 0.6) is 0 Å². The van der Waals surface area contributed by atoms with E-state index in [0.29, 0.717) is 12.0 Å². The van der Waals surface area contributed by atoms with Crippen molar-refractivity contribution < 1.29 is 4.84 Å². The Labute approximate surface area is 133 Å². The van der Waals surface area contributed by atoms with Crippen LogP contribution in [0.25, 0.3) is 0 Å². The molecule has 0 aromatic rings. The summed E-state index contributed by atoms with van der Waals surface area (Å²) in [5.74, 6) is 0.587. The largest absolute Gasteiger partial charge is 0.392 e. The van der Waals surface area contributed by atoms with Crippen molar-refractivity contribution in [3.8, 4) is 0 Å². The van der Waals surface area contributed by atoms with Gasteiger partial charge in [0.1, 0.15) is 6.10 Å². The SMILES string of the molecule is CCCC[P+](CCCC)(CCCC)C[C@H]1C(C)=NO[C@H]1C. The van der Waals surface area contributed by atoms with Crippen LogP contribution in [0.1, 0.15) is 73.1 Å². The molecule has 0 bridgehead atoms. The minimum Gasteiger partial charge on any atom is -0.392 e. The first kappa shape index (κ1) is 18.9. The highest BCUT2D eigenvalue weighted by atomic mass is 31.2. The van der Waals surface area contributed by atoms with E-state index in [2.05, 4.69) is 39.8 Å². The normalized spacial score (nSPS) is 22.2. The number of nitrogens with zero attached hydrogens (tertiary/aromatic N) is 1. The molecule has 0 saturated carbocycles. The van der Waals surface area contributed by atoms with Crippen LogP contribution >= 0.6 is 7.26 Å². The molecule has 0 N–H and O–H groups in total. The summed E-state index contributed by atoms with van der Waals surface area (Å²) in [6.07, 6.45) is 14.5. The van der Waals surface area contributed by atoms with Crippen LogP contribution in [0.15, 0.2) is 5.16 Å². The van der Waals surface area contributed by atoms with Crippen LogP contribution in [0.3, 0.4) is 0 Å². The Balaban J connectivity index is 2.81. The van der Waals surface area contributed by atoms with Gasteiger partial charge in [0, 0.05) is 7.26 Å². The smallest absolute Gasteiger partial charge is 0.136 e. The Morgan fingerprint density at radius 2 is 1.43 bits per heavy atom. The average molecular weight is 314 g/mol. The third kappa shape index (κ3) is 5.89. The molecule has 1 rings (SSSR count). The van der Waals surface area contributed by atoms with Gasteiger partial charge < -0.3 is 4.84 Å². The Kier molecular flexibility index (Phi) is 8.86. The van der Waals surface area contributed by atoms with Crippen molar-refractivity contribution in [1.29, 1.82) is 0 Å². The van der Waals surface area contributed by atoms with Crippen LogP contribution in [0, 0.1) is 5.92 Å². The summed E-state index contributed by atoms with van der Waals surface area (Å²) in [6, 6.07) is 0. The van der Waals surface area contributed by atoms with Crippen LogP contribution in [0.4, 0.5) is 0 Å². The summed E-state index contributed by atoms with van der Waals surface area (Å²) in [5, 5.41) is 4.26. The average Bonchev–Trinajstić information content (AvgIpc) is 2.80. The molecule has 0 fully saturated rings. The molecule has 21 heavy (non-hydrogen) atoms. The zero-order chi connectivity index (χ0) is 15.7. The van der Waals surface area contributed by atoms with E-state index in [1.54, 1.807) is 0 Å². The molecule has 2 atom stereocenters. The maximum Gasteiger partial charge on any atom is 0.136 e. The van der Waals surface area contributed by atoms with E-state index in [4.69, 9.17) is 4.84 Å². The number of hydrogen-bond donors (Lipinski definition) is 0. The lowest BCUT2D eigenvalue weighted by atomic mass is 10.0. The molecule has 0 aromatic heterocycles. The predicted octanol–water partition coefficient (Wildman–Crippen LogP) is 5.82. The molecule has 0 saturated heterocycles. The topological polar surface area (TPSA) is 21.6 Å². The second-order valence-electron chi connectivity index (χ2n) is 6.91. The molecule has 0 spiro atoms. The number of rotatable bonds is 11. The van der Waals surface area contributed by atoms with Crippen LogP contribution in [0.2, 0.25) is 0 Å². The predicted molar refractivity (Wildman–Crippen MR) is 98.3 cm³/mol. The van der Waals surface area contributed by atoms with Gasteiger partial charge in [-0.1, -0.05) is 45.2 Å². The van der Waals surface area contributed by atoms with Crippen LogP contribution in [-0.2, 0) is 4.84 Å². The maximum absolute atomic E-state index is 5.54. The number of hydrogen-bond acceptors (Lipinski definition) is 2. The molecule has 3 heteroatoms. The minimum absolute atomic E-state index is 0.300. The van der Waals surface area contributed by atoms with E-state index in [1.807, 2.05) is 0 Å². The van der Waals surface area contributed by atoms with E-state index in [9.17, 15) is 0 Å². The monoisotopic (exact) mass is 314 g/mol. The molecule has 0 amide bonds. The number of unbranched alkanes of at least 4 members (excludes halogenated alkanes) is 3. The molecule has 1 aliphatic heterocycles. The van der Waals surface area contributed by atoms with E-state index in [-0.39, 0.29) is 0 Å². The first-order valence-electron chi connectivity index (χ1n) is 9.14. The molecule has 2 nitrogen and oxygen atoms in total. The molecular formula is C18H37NOP+. The van der Waals surface area contributed by atoms with Gasteiger partial charge in [-0.15, -0.1) is 0 Å². The van der Waals surface area contributed by atoms with Crippen molar-refractivity contribution in [2.75, 3.05) is 24.6 Å². The lowest BCUT2D eigenvalue weighted by Gasteiger charge is -2.31. The van der Waals surface area contributed by atoms with E-state index in [1.165, 1.54) is 68.9 Å². The Morgan fingerprint density at radius 3 is 1.76 bits per heavy atom. The van der Waals surface area contributed by atoms with Gasteiger partial charge in [-0.2, -0.15) is 0 Å². The zero-order valence-corrected chi connectivity index (χ0v) is 15.9. The Morgan fingerprint density at radius 1 is 0.952 bits per heavy atom. The molecule has 1 heterocycles. The summed E-state index contributed by atoms with van der Waals surface area (Å²) < 4.78 is 0. The van der Waals surface area contributed by atoms with Gasteiger partial charge in [-0.25, -0.2) is 0 Å². The van der Waals surface area contributed by atoms with Crippen molar-refractivity contribution in [3.63, 3.8) is 0 Å². The third-order valence-corrected chi connectivity index (χ3v) is 9.97. The lowest BCUT2D eigenvalue weighted by molar-refractivity contribution is 0.0805. The highest BCUT2D eigenvalue weighted by Crippen LogP contribution is 2.62. The Hall–Kier alpha value is -0.100. The van der Waals surface area contributed by atoms with Crippen LogP contribution in [-0.4, -0.2) is 36.5 Å². The molecule has 0 unspecified atom stereocenters. The van der Waals surface area contributed by atoms with E-state index >= 15 is 0 Å². The van der Waals surface area contributed by atoms with Gasteiger partial charge in [0.2, 0.25) is 0 Å². The highest BCUT2D eigenvalue weighted by Gasteiger charge is 2.42. The molecule has 0 aromatic carbocycles. The van der Waals surface area contributed by atoms with E-state index < -0.39 is 7.26 Å².